The molecule has 16 nitrogen and oxygen atoms in total. The van der Waals surface area contributed by atoms with Crippen molar-refractivity contribution in [2.45, 2.75) is 99.4 Å². The molecule has 5 aliphatic heterocycles. The Morgan fingerprint density at radius 1 is 0.875 bits per heavy atom. The van der Waals surface area contributed by atoms with Crippen LogP contribution in [0.2, 0.25) is 5.15 Å². The van der Waals surface area contributed by atoms with Crippen LogP contribution in [0, 0.1) is 6.92 Å². The van der Waals surface area contributed by atoms with E-state index in [-0.39, 0.29) is 59.5 Å². The lowest BCUT2D eigenvalue weighted by atomic mass is 9.91. The summed E-state index contributed by atoms with van der Waals surface area (Å²) < 4.78 is 0. The summed E-state index contributed by atoms with van der Waals surface area (Å²) in [6.07, 6.45) is 11.0. The van der Waals surface area contributed by atoms with E-state index >= 15 is 0 Å². The van der Waals surface area contributed by atoms with Gasteiger partial charge in [0.15, 0.2) is 0 Å². The molecule has 10 rings (SSSR count). The number of rotatable bonds is 12. The summed E-state index contributed by atoms with van der Waals surface area (Å²) in [7, 11) is 0. The van der Waals surface area contributed by atoms with E-state index in [2.05, 4.69) is 70.7 Å². The first-order valence-electron chi connectivity index (χ1n) is 24.7. The lowest BCUT2D eigenvalue weighted by Gasteiger charge is -2.40. The van der Waals surface area contributed by atoms with Gasteiger partial charge in [0.25, 0.3) is 17.7 Å². The summed E-state index contributed by atoms with van der Waals surface area (Å²) in [6.45, 7) is 9.83. The van der Waals surface area contributed by atoms with Crippen LogP contribution < -0.4 is 31.5 Å². The Morgan fingerprint density at radius 2 is 1.68 bits per heavy atom. The lowest BCUT2D eigenvalue weighted by Crippen LogP contribution is -2.52. The van der Waals surface area contributed by atoms with Gasteiger partial charge in [-0.3, -0.25) is 34.2 Å². The minimum atomic E-state index is -0.687. The van der Waals surface area contributed by atoms with Crippen LogP contribution in [0.3, 0.4) is 0 Å². The monoisotopic (exact) mass is 1010 g/mol. The molecule has 3 fully saturated rings. The van der Waals surface area contributed by atoms with Gasteiger partial charge in [0.1, 0.15) is 27.7 Å². The molecule has 5 N–H and O–H groups in total. The van der Waals surface area contributed by atoms with E-state index in [4.69, 9.17) is 17.3 Å². The molecule has 2 aromatic heterocycles. The fraction of sp³-hybridized carbons (Fsp3) is 0.370. The zero-order valence-electron chi connectivity index (χ0n) is 40.5. The molecule has 3 aromatic carbocycles. The highest BCUT2D eigenvalue weighted by atomic mass is 35.5. The summed E-state index contributed by atoms with van der Waals surface area (Å²) >= 11 is 8.23. The molecule has 0 saturated carbocycles. The van der Waals surface area contributed by atoms with Gasteiger partial charge >= 0.3 is 0 Å². The van der Waals surface area contributed by atoms with Crippen molar-refractivity contribution < 1.29 is 24.0 Å². The third kappa shape index (κ3) is 10.9. The number of anilines is 3. The van der Waals surface area contributed by atoms with Crippen LogP contribution in [0.15, 0.2) is 101 Å². The van der Waals surface area contributed by atoms with E-state index in [1.54, 1.807) is 24.4 Å². The van der Waals surface area contributed by atoms with Gasteiger partial charge in [0.2, 0.25) is 11.8 Å². The minimum Gasteiger partial charge on any atom is -0.371 e. The number of fused-ring (bicyclic) bond motifs is 1. The number of nitrogens with one attached hydrogen (secondary N) is 3. The molecule has 5 amide bonds. The maximum atomic E-state index is 13.5. The number of hydrogen-bond donors (Lipinski definition) is 4. The third-order valence-corrected chi connectivity index (χ3v) is 15.9. The summed E-state index contributed by atoms with van der Waals surface area (Å²) in [5.41, 5.74) is 13.8. The van der Waals surface area contributed by atoms with Crippen molar-refractivity contribution in [1.29, 1.82) is 0 Å². The van der Waals surface area contributed by atoms with Crippen LogP contribution in [0.1, 0.15) is 105 Å². The molecular weight excluding hydrogens is 950 g/mol. The number of hydrogen-bond acceptors (Lipinski definition) is 13. The van der Waals surface area contributed by atoms with Gasteiger partial charge < -0.3 is 31.1 Å². The SMILES string of the molecule is Cc1cc(N2CCC(N3CC=C(c4ccc(C(=O)NCc5ccc6c(c5)CN(C5CCC(=O)NC5=O)C6=O)nc4Cl)CC3)CC2)ccc1C(=O)Nc1cccc(Sc2cnc(N3CCC(C)(N)CC3)cn2)c1. The maximum Gasteiger partial charge on any atom is 0.270 e. The lowest BCUT2D eigenvalue weighted by molar-refractivity contribution is -0.136. The number of amides is 5. The molecule has 0 aliphatic carbocycles. The summed E-state index contributed by atoms with van der Waals surface area (Å²) in [5.74, 6) is -0.679. The zero-order chi connectivity index (χ0) is 50.1. The molecule has 5 aromatic rings. The molecule has 18 heteroatoms. The first-order valence-corrected chi connectivity index (χ1v) is 25.9. The quantitative estimate of drug-likeness (QED) is 0.0737. The highest BCUT2D eigenvalue weighted by molar-refractivity contribution is 7.99. The van der Waals surface area contributed by atoms with Crippen molar-refractivity contribution in [3.63, 3.8) is 0 Å². The fourth-order valence-corrected chi connectivity index (χ4v) is 11.4. The van der Waals surface area contributed by atoms with Crippen LogP contribution in [-0.4, -0.2) is 111 Å². The number of carbonyl (C=O) groups excluding carboxylic acids is 5. The molecule has 0 bridgehead atoms. The molecule has 5 aliphatic rings. The first-order chi connectivity index (χ1) is 34.7. The van der Waals surface area contributed by atoms with Crippen molar-refractivity contribution in [2.24, 2.45) is 5.73 Å². The molecule has 1 unspecified atom stereocenters. The standard InChI is InChI=1S/C54H58ClN11O5S/c1-33-26-39(7-9-41(33)50(68)60-37-4-3-5-40(28-37)72-48-31-57-46(30-58-48)65-24-18-54(2,56)19-25-65)64-22-16-38(17-23-64)63-20-14-35(15-21-63)42-10-11-44(61-49(42)55)51(69)59-29-34-6-8-43-36(27-34)32-66(53(43)71)45-12-13-47(67)62-52(45)70/h3-11,14,26-28,30-31,38,45H,12-13,15-25,29,32,56H2,1-2H3,(H,59,69)(H,60,68)(H,62,67,70). The van der Waals surface area contributed by atoms with Crippen LogP contribution in [-0.2, 0) is 22.7 Å². The molecule has 1 atom stereocenters. The maximum absolute atomic E-state index is 13.5. The highest BCUT2D eigenvalue weighted by Gasteiger charge is 2.39. The van der Waals surface area contributed by atoms with Crippen molar-refractivity contribution in [2.75, 3.05) is 54.4 Å². The largest absolute Gasteiger partial charge is 0.371 e. The summed E-state index contributed by atoms with van der Waals surface area (Å²) in [6, 6.07) is 22.6. The first kappa shape index (κ1) is 48.9. The minimum absolute atomic E-state index is 0.124. The van der Waals surface area contributed by atoms with E-state index in [0.29, 0.717) is 29.3 Å². The van der Waals surface area contributed by atoms with Crippen LogP contribution in [0.5, 0.6) is 0 Å². The van der Waals surface area contributed by atoms with E-state index in [9.17, 15) is 24.0 Å². The van der Waals surface area contributed by atoms with Crippen LogP contribution >= 0.6 is 23.4 Å². The van der Waals surface area contributed by atoms with Crippen molar-refractivity contribution >= 4 is 75.7 Å². The van der Waals surface area contributed by atoms with Gasteiger partial charge in [-0.05, 0) is 129 Å². The molecule has 0 radical (unpaired) electrons. The smallest absolute Gasteiger partial charge is 0.270 e. The number of nitrogens with zero attached hydrogens (tertiary/aromatic N) is 7. The number of halogens is 1. The Kier molecular flexibility index (Phi) is 14.2. The predicted molar refractivity (Wildman–Crippen MR) is 278 cm³/mol. The van der Waals surface area contributed by atoms with E-state index in [0.717, 1.165) is 121 Å². The highest BCUT2D eigenvalue weighted by Crippen LogP contribution is 2.34. The normalized spacial score (nSPS) is 19.4. The fourth-order valence-electron chi connectivity index (χ4n) is 10.4. The number of aromatic nitrogens is 3. The number of aryl methyl sites for hydroxylation is 1. The molecular formula is C54H58ClN11O5S. The molecule has 7 heterocycles. The van der Waals surface area contributed by atoms with Crippen LogP contribution in [0.4, 0.5) is 17.2 Å². The Morgan fingerprint density at radius 3 is 2.40 bits per heavy atom. The van der Waals surface area contributed by atoms with E-state index < -0.39 is 11.9 Å². The number of imide groups is 1. The molecule has 72 heavy (non-hydrogen) atoms. The Labute approximate surface area is 428 Å². The second kappa shape index (κ2) is 20.8. The van der Waals surface area contributed by atoms with E-state index in [1.165, 1.54) is 16.7 Å². The zero-order valence-corrected chi connectivity index (χ0v) is 42.0. The predicted octanol–water partition coefficient (Wildman–Crippen LogP) is 7.00. The van der Waals surface area contributed by atoms with Gasteiger partial charge in [-0.1, -0.05) is 47.6 Å². The van der Waals surface area contributed by atoms with Gasteiger partial charge in [-0.25, -0.2) is 15.0 Å². The number of nitrogens with two attached hydrogens (primary N) is 1. The third-order valence-electron chi connectivity index (χ3n) is 14.7. The van der Waals surface area contributed by atoms with Gasteiger partial charge in [-0.2, -0.15) is 0 Å². The molecule has 372 valence electrons. The Bertz CT molecular complexity index is 2970. The van der Waals surface area contributed by atoms with Crippen molar-refractivity contribution in [1.82, 2.24) is 35.4 Å². The number of benzene rings is 3. The van der Waals surface area contributed by atoms with Gasteiger partial charge in [0, 0.05) is 103 Å². The van der Waals surface area contributed by atoms with Crippen LogP contribution in [0.25, 0.3) is 5.57 Å². The number of pyridine rings is 1. The summed E-state index contributed by atoms with van der Waals surface area (Å²) in [5, 5.41) is 9.40. The van der Waals surface area contributed by atoms with Crippen molar-refractivity contribution in [3.05, 3.63) is 135 Å². The molecule has 3 saturated heterocycles. The van der Waals surface area contributed by atoms with E-state index in [1.807, 2.05) is 55.6 Å². The Balaban J connectivity index is 0.672. The number of carbonyl (C=O) groups is 5. The van der Waals surface area contributed by atoms with Crippen molar-refractivity contribution in [3.8, 4) is 0 Å². The Hall–Kier alpha value is -6.66. The average molecular weight is 1010 g/mol. The summed E-state index contributed by atoms with van der Waals surface area (Å²) in [4.78, 5) is 87.3. The second-order valence-corrected chi connectivity index (χ2v) is 21.2. The second-order valence-electron chi connectivity index (χ2n) is 19.7. The topological polar surface area (TPSA) is 199 Å². The van der Waals surface area contributed by atoms with Gasteiger partial charge in [0.05, 0.1) is 12.4 Å². The number of piperidine rings is 3. The molecule has 0 spiro atoms. The van der Waals surface area contributed by atoms with Gasteiger partial charge in [-0.15, -0.1) is 0 Å². The average Bonchev–Trinajstić information content (AvgIpc) is 3.70.